The Hall–Kier alpha value is -6.99. The third kappa shape index (κ3) is 12.7. The topological polar surface area (TPSA) is 293 Å². The van der Waals surface area contributed by atoms with Gasteiger partial charge in [-0.1, -0.05) is 17.3 Å². The number of aromatic amines is 1. The molecule has 54 heavy (non-hydrogen) atoms. The van der Waals surface area contributed by atoms with Crippen LogP contribution in [-0.4, -0.2) is 91.3 Å². The number of anilines is 2. The summed E-state index contributed by atoms with van der Waals surface area (Å²) in [5.74, 6) is -5.03. The van der Waals surface area contributed by atoms with Gasteiger partial charge in [0.25, 0.3) is 17.4 Å². The van der Waals surface area contributed by atoms with Gasteiger partial charge < -0.3 is 42.1 Å². The van der Waals surface area contributed by atoms with E-state index in [1.807, 2.05) is 0 Å². The van der Waals surface area contributed by atoms with Gasteiger partial charge in [-0.05, 0) is 67.6 Å². The van der Waals surface area contributed by atoms with Crippen LogP contribution in [0.15, 0.2) is 64.7 Å². The average Bonchev–Trinajstić information content (AvgIpc) is 3.14. The summed E-state index contributed by atoms with van der Waals surface area (Å²) in [5.41, 5.74) is 6.84. The fourth-order valence-corrected chi connectivity index (χ4v) is 4.78. The van der Waals surface area contributed by atoms with Crippen molar-refractivity contribution in [2.24, 2.45) is 5.16 Å². The standard InChI is InChI=1S/C34H37FN10O9/c35-21-8-4-19(5-9-21)15-40-54-18-27(47)37-14-2-1-3-24(32(50)51)42-26(46)13-12-25(33(52)53)43-30(48)20-6-10-22(11-7-20)38-16-23-17-39-29-28(41-23)31(49)45-34(36)44-29/h4-11,15,17,24-25,38H,1-3,12-14,16,18H2,(H,37,47)(H,42,46)(H,43,48)(H,50,51)(H,52,53)(H3,36,39,44,45,49)/b40-15+/t24-,25-/m0/s1. The van der Waals surface area contributed by atoms with Crippen LogP contribution >= 0.6 is 0 Å². The number of oxime groups is 1. The molecule has 0 aliphatic heterocycles. The minimum absolute atomic E-state index is 0.0229. The maximum absolute atomic E-state index is 12.9. The number of carbonyl (C=O) groups excluding carboxylic acids is 3. The second-order valence-electron chi connectivity index (χ2n) is 11.7. The third-order valence-electron chi connectivity index (χ3n) is 7.59. The molecule has 4 rings (SSSR count). The van der Waals surface area contributed by atoms with Crippen molar-refractivity contribution in [3.05, 3.63) is 87.7 Å². The summed E-state index contributed by atoms with van der Waals surface area (Å²) in [7, 11) is 0. The lowest BCUT2D eigenvalue weighted by Gasteiger charge is -2.17. The number of aliphatic carboxylic acids is 2. The van der Waals surface area contributed by atoms with E-state index in [1.165, 1.54) is 48.8 Å². The number of unbranched alkanes of at least 4 members (excludes halogenated alkanes) is 1. The first-order valence-electron chi connectivity index (χ1n) is 16.5. The number of fused-ring (bicyclic) bond motifs is 1. The third-order valence-corrected chi connectivity index (χ3v) is 7.59. The quantitative estimate of drug-likeness (QED) is 0.0354. The molecule has 2 heterocycles. The molecular weight excluding hydrogens is 711 g/mol. The molecule has 4 aromatic rings. The van der Waals surface area contributed by atoms with E-state index < -0.39 is 53.1 Å². The zero-order chi connectivity index (χ0) is 39.0. The van der Waals surface area contributed by atoms with Crippen LogP contribution in [0.25, 0.3) is 11.2 Å². The number of nitrogens with zero attached hydrogens (tertiary/aromatic N) is 4. The number of carboxylic acids is 2. The van der Waals surface area contributed by atoms with Crippen LogP contribution in [0.5, 0.6) is 0 Å². The summed E-state index contributed by atoms with van der Waals surface area (Å²) in [6, 6.07) is 8.84. The largest absolute Gasteiger partial charge is 0.480 e. The molecule has 0 saturated heterocycles. The Morgan fingerprint density at radius 1 is 0.926 bits per heavy atom. The number of hydrogen-bond acceptors (Lipinski definition) is 13. The van der Waals surface area contributed by atoms with Gasteiger partial charge in [0.15, 0.2) is 17.8 Å². The number of amides is 3. The number of aromatic nitrogens is 4. The van der Waals surface area contributed by atoms with Crippen LogP contribution in [-0.2, 0) is 30.6 Å². The van der Waals surface area contributed by atoms with Gasteiger partial charge in [-0.3, -0.25) is 24.2 Å². The van der Waals surface area contributed by atoms with E-state index in [0.29, 0.717) is 29.8 Å². The van der Waals surface area contributed by atoms with Crippen LogP contribution < -0.4 is 32.6 Å². The summed E-state index contributed by atoms with van der Waals surface area (Å²) >= 11 is 0. The number of nitrogens with two attached hydrogens (primary N) is 1. The number of rotatable bonds is 20. The molecule has 0 fully saturated rings. The normalized spacial score (nSPS) is 12.1. The highest BCUT2D eigenvalue weighted by molar-refractivity contribution is 5.97. The summed E-state index contributed by atoms with van der Waals surface area (Å²) in [6.45, 7) is 0.0250. The zero-order valence-corrected chi connectivity index (χ0v) is 28.6. The lowest BCUT2D eigenvalue weighted by molar-refractivity contribution is -0.142. The highest BCUT2D eigenvalue weighted by atomic mass is 19.1. The lowest BCUT2D eigenvalue weighted by Crippen LogP contribution is -2.44. The number of nitrogens with one attached hydrogen (secondary N) is 5. The van der Waals surface area contributed by atoms with Gasteiger partial charge in [0.05, 0.1) is 24.7 Å². The van der Waals surface area contributed by atoms with E-state index in [-0.39, 0.29) is 61.6 Å². The predicted molar refractivity (Wildman–Crippen MR) is 191 cm³/mol. The number of carbonyl (C=O) groups is 5. The number of hydrogen-bond donors (Lipinski definition) is 8. The SMILES string of the molecule is Nc1nc2ncc(CNc3ccc(C(=O)N[C@@H](CCC(=O)N[C@@H](CCCCNC(=O)CO/N=C/c4ccc(F)cc4)C(=O)O)C(=O)O)cc3)nc2c(=O)[nH]1. The minimum Gasteiger partial charge on any atom is -0.480 e. The molecule has 3 amide bonds. The average molecular weight is 749 g/mol. The molecule has 0 aliphatic rings. The molecule has 2 atom stereocenters. The summed E-state index contributed by atoms with van der Waals surface area (Å²) in [4.78, 5) is 92.4. The molecule has 0 radical (unpaired) electrons. The fraction of sp³-hybridized carbons (Fsp3) is 0.294. The van der Waals surface area contributed by atoms with Crippen LogP contribution in [0.3, 0.4) is 0 Å². The van der Waals surface area contributed by atoms with Gasteiger partial charge in [0.2, 0.25) is 11.9 Å². The Morgan fingerprint density at radius 3 is 2.33 bits per heavy atom. The van der Waals surface area contributed by atoms with Crippen molar-refractivity contribution in [2.75, 3.05) is 24.2 Å². The van der Waals surface area contributed by atoms with Gasteiger partial charge in [-0.2, -0.15) is 4.98 Å². The van der Waals surface area contributed by atoms with E-state index in [1.54, 1.807) is 12.1 Å². The Morgan fingerprint density at radius 2 is 1.63 bits per heavy atom. The van der Waals surface area contributed by atoms with E-state index in [9.17, 15) is 43.4 Å². The Balaban J connectivity index is 1.15. The first-order chi connectivity index (χ1) is 25.9. The van der Waals surface area contributed by atoms with Crippen LogP contribution in [0.1, 0.15) is 53.7 Å². The predicted octanol–water partition coefficient (Wildman–Crippen LogP) is 0.916. The van der Waals surface area contributed by atoms with E-state index >= 15 is 0 Å². The Kier molecular flexibility index (Phi) is 14.4. The maximum atomic E-state index is 12.9. The molecule has 284 valence electrons. The minimum atomic E-state index is -1.44. The molecule has 19 nitrogen and oxygen atoms in total. The molecule has 0 spiro atoms. The second-order valence-corrected chi connectivity index (χ2v) is 11.7. The summed E-state index contributed by atoms with van der Waals surface area (Å²) in [5, 5.41) is 33.2. The van der Waals surface area contributed by atoms with E-state index in [4.69, 9.17) is 10.6 Å². The molecule has 0 unspecified atom stereocenters. The van der Waals surface area contributed by atoms with Gasteiger partial charge in [-0.15, -0.1) is 0 Å². The number of H-pyrrole nitrogens is 1. The molecule has 2 aromatic carbocycles. The molecule has 0 aliphatic carbocycles. The van der Waals surface area contributed by atoms with Crippen molar-refractivity contribution in [2.45, 2.75) is 50.7 Å². The second kappa shape index (κ2) is 19.6. The monoisotopic (exact) mass is 748 g/mol. The smallest absolute Gasteiger partial charge is 0.326 e. The Labute approximate surface area is 305 Å². The van der Waals surface area contributed by atoms with Crippen molar-refractivity contribution in [3.8, 4) is 0 Å². The van der Waals surface area contributed by atoms with E-state index in [2.05, 4.69) is 46.4 Å². The lowest BCUT2D eigenvalue weighted by atomic mass is 10.1. The van der Waals surface area contributed by atoms with Crippen molar-refractivity contribution in [1.82, 2.24) is 35.9 Å². The first-order valence-corrected chi connectivity index (χ1v) is 16.5. The van der Waals surface area contributed by atoms with E-state index in [0.717, 1.165) is 0 Å². The van der Waals surface area contributed by atoms with Crippen LogP contribution in [0.4, 0.5) is 16.0 Å². The van der Waals surface area contributed by atoms with Crippen LogP contribution in [0.2, 0.25) is 0 Å². The van der Waals surface area contributed by atoms with Crippen molar-refractivity contribution in [3.63, 3.8) is 0 Å². The fourth-order valence-electron chi connectivity index (χ4n) is 4.78. The first kappa shape index (κ1) is 39.8. The van der Waals surface area contributed by atoms with Crippen molar-refractivity contribution < 1.29 is 43.4 Å². The number of carboxylic acid groups (broad SMARTS) is 2. The molecule has 0 saturated carbocycles. The summed E-state index contributed by atoms with van der Waals surface area (Å²) < 4.78 is 12.9. The highest BCUT2D eigenvalue weighted by Crippen LogP contribution is 2.13. The zero-order valence-electron chi connectivity index (χ0n) is 28.6. The molecule has 2 aromatic heterocycles. The molecule has 20 heteroatoms. The van der Waals surface area contributed by atoms with Gasteiger partial charge >= 0.3 is 11.9 Å². The number of nitrogen functional groups attached to an aromatic ring is 1. The maximum Gasteiger partial charge on any atom is 0.326 e. The Bertz CT molecular complexity index is 2040. The van der Waals surface area contributed by atoms with Gasteiger partial charge in [-0.25, -0.2) is 23.9 Å². The van der Waals surface area contributed by atoms with Crippen LogP contribution in [0, 0.1) is 5.82 Å². The molecule has 0 bridgehead atoms. The molecular formula is C34H37FN10O9. The number of benzene rings is 2. The van der Waals surface area contributed by atoms with Gasteiger partial charge in [0.1, 0.15) is 17.9 Å². The van der Waals surface area contributed by atoms with Crippen molar-refractivity contribution >= 4 is 58.7 Å². The highest BCUT2D eigenvalue weighted by Gasteiger charge is 2.24. The van der Waals surface area contributed by atoms with Crippen molar-refractivity contribution in [1.29, 1.82) is 0 Å². The molecule has 9 N–H and O–H groups in total. The number of halogens is 1. The summed E-state index contributed by atoms with van der Waals surface area (Å²) in [6.07, 6.45) is 2.83. The van der Waals surface area contributed by atoms with Gasteiger partial charge in [0, 0.05) is 24.2 Å².